The molecular formula is C24H29N5O. The third-order valence-electron chi connectivity index (χ3n) is 6.08. The molecule has 1 saturated heterocycles. The molecule has 1 aliphatic rings. The minimum atomic E-state index is 0.315. The highest BCUT2D eigenvalue weighted by Crippen LogP contribution is 2.35. The number of nitrogens with one attached hydrogen (secondary N) is 1. The molecule has 30 heavy (non-hydrogen) atoms. The van der Waals surface area contributed by atoms with Crippen LogP contribution in [0.3, 0.4) is 0 Å². The molecule has 0 bridgehead atoms. The standard InChI is InChI=1S/C24H29N5O/c1-16-13-22(30-4)18(3)17(2)19(16)15-29-12-6-8-21(29)20-7-5-9-23(27-20)28-24-14-25-10-11-26-24/h5,7,9-11,13-14,21H,6,8,12,15H2,1-4H3,(H,26,27,28)/t21-/m0/s1. The lowest BCUT2D eigenvalue weighted by molar-refractivity contribution is 0.243. The monoisotopic (exact) mass is 403 g/mol. The van der Waals surface area contributed by atoms with Gasteiger partial charge in [0.05, 0.1) is 25.0 Å². The van der Waals surface area contributed by atoms with Crippen molar-refractivity contribution in [1.82, 2.24) is 19.9 Å². The lowest BCUT2D eigenvalue weighted by atomic mass is 9.96. The first-order valence-corrected chi connectivity index (χ1v) is 10.4. The summed E-state index contributed by atoms with van der Waals surface area (Å²) in [6.07, 6.45) is 7.34. The van der Waals surface area contributed by atoms with Gasteiger partial charge < -0.3 is 10.1 Å². The zero-order chi connectivity index (χ0) is 21.1. The van der Waals surface area contributed by atoms with E-state index in [2.05, 4.69) is 59.2 Å². The number of nitrogens with zero attached hydrogens (tertiary/aromatic N) is 4. The predicted octanol–water partition coefficient (Wildman–Crippen LogP) is 4.89. The van der Waals surface area contributed by atoms with E-state index in [1.165, 1.54) is 28.7 Å². The van der Waals surface area contributed by atoms with Crippen molar-refractivity contribution in [3.63, 3.8) is 0 Å². The lowest BCUT2D eigenvalue weighted by Crippen LogP contribution is -2.24. The first kappa shape index (κ1) is 20.3. The summed E-state index contributed by atoms with van der Waals surface area (Å²) in [6.45, 7) is 8.53. The number of aryl methyl sites for hydroxylation is 1. The molecule has 1 aromatic carbocycles. The van der Waals surface area contributed by atoms with Crippen LogP contribution in [0, 0.1) is 20.8 Å². The van der Waals surface area contributed by atoms with Crippen molar-refractivity contribution in [3.05, 3.63) is 70.8 Å². The molecule has 0 aliphatic carbocycles. The maximum Gasteiger partial charge on any atom is 0.150 e. The zero-order valence-electron chi connectivity index (χ0n) is 18.1. The molecule has 1 N–H and O–H groups in total. The van der Waals surface area contributed by atoms with Crippen molar-refractivity contribution < 1.29 is 4.74 Å². The first-order valence-electron chi connectivity index (χ1n) is 10.4. The molecule has 3 heterocycles. The van der Waals surface area contributed by atoms with E-state index >= 15 is 0 Å². The summed E-state index contributed by atoms with van der Waals surface area (Å²) >= 11 is 0. The lowest BCUT2D eigenvalue weighted by Gasteiger charge is -2.27. The summed E-state index contributed by atoms with van der Waals surface area (Å²) in [4.78, 5) is 15.8. The zero-order valence-corrected chi connectivity index (χ0v) is 18.1. The average molecular weight is 404 g/mol. The van der Waals surface area contributed by atoms with Crippen molar-refractivity contribution in [3.8, 4) is 5.75 Å². The Balaban J connectivity index is 1.56. The number of hydrogen-bond acceptors (Lipinski definition) is 6. The minimum absolute atomic E-state index is 0.315. The second-order valence-corrected chi connectivity index (χ2v) is 7.92. The number of anilines is 2. The van der Waals surface area contributed by atoms with E-state index < -0.39 is 0 Å². The van der Waals surface area contributed by atoms with Gasteiger partial charge in [-0.2, -0.15) is 0 Å². The summed E-state index contributed by atoms with van der Waals surface area (Å²) in [6, 6.07) is 8.63. The second-order valence-electron chi connectivity index (χ2n) is 7.92. The van der Waals surface area contributed by atoms with Gasteiger partial charge >= 0.3 is 0 Å². The SMILES string of the molecule is COc1cc(C)c(CN2CCC[C@H]2c2cccc(Nc3cnccn3)n2)c(C)c1C. The highest BCUT2D eigenvalue weighted by atomic mass is 16.5. The van der Waals surface area contributed by atoms with E-state index in [4.69, 9.17) is 9.72 Å². The fraction of sp³-hybridized carbons (Fsp3) is 0.375. The van der Waals surface area contributed by atoms with Crippen LogP contribution in [-0.2, 0) is 6.54 Å². The van der Waals surface area contributed by atoms with Crippen LogP contribution in [0.1, 0.15) is 46.8 Å². The van der Waals surface area contributed by atoms with Gasteiger partial charge in [-0.05, 0) is 80.6 Å². The summed E-state index contributed by atoms with van der Waals surface area (Å²) < 4.78 is 5.54. The van der Waals surface area contributed by atoms with Crippen LogP contribution in [-0.4, -0.2) is 33.5 Å². The Morgan fingerprint density at radius 2 is 2.00 bits per heavy atom. The Bertz CT molecular complexity index is 1020. The molecule has 0 unspecified atom stereocenters. The molecule has 1 fully saturated rings. The van der Waals surface area contributed by atoms with E-state index in [1.54, 1.807) is 25.7 Å². The number of ether oxygens (including phenoxy) is 1. The molecular weight excluding hydrogens is 374 g/mol. The number of benzene rings is 1. The Hall–Kier alpha value is -2.99. The van der Waals surface area contributed by atoms with Gasteiger partial charge in [0.1, 0.15) is 17.4 Å². The number of likely N-dealkylation sites (tertiary alicyclic amines) is 1. The fourth-order valence-electron chi connectivity index (χ4n) is 4.31. The summed E-state index contributed by atoms with van der Waals surface area (Å²) in [5.74, 6) is 2.47. The van der Waals surface area contributed by atoms with E-state index in [0.29, 0.717) is 11.9 Å². The van der Waals surface area contributed by atoms with Crippen LogP contribution in [0.15, 0.2) is 42.9 Å². The molecule has 4 rings (SSSR count). The Morgan fingerprint density at radius 3 is 2.77 bits per heavy atom. The smallest absolute Gasteiger partial charge is 0.150 e. The van der Waals surface area contributed by atoms with E-state index in [0.717, 1.165) is 36.8 Å². The van der Waals surface area contributed by atoms with E-state index in [-0.39, 0.29) is 0 Å². The van der Waals surface area contributed by atoms with Crippen molar-refractivity contribution in [2.24, 2.45) is 0 Å². The molecule has 0 saturated carbocycles. The molecule has 0 amide bonds. The molecule has 156 valence electrons. The molecule has 6 nitrogen and oxygen atoms in total. The maximum absolute atomic E-state index is 5.54. The van der Waals surface area contributed by atoms with Gasteiger partial charge in [-0.25, -0.2) is 9.97 Å². The van der Waals surface area contributed by atoms with Gasteiger partial charge in [-0.1, -0.05) is 6.07 Å². The molecule has 0 radical (unpaired) electrons. The number of aromatic nitrogens is 3. The minimum Gasteiger partial charge on any atom is -0.496 e. The highest BCUT2D eigenvalue weighted by Gasteiger charge is 2.28. The molecule has 1 atom stereocenters. The van der Waals surface area contributed by atoms with Gasteiger partial charge in [0.25, 0.3) is 0 Å². The number of rotatable bonds is 6. The number of hydrogen-bond donors (Lipinski definition) is 1. The summed E-state index contributed by atoms with van der Waals surface area (Å²) in [5, 5.41) is 3.25. The second kappa shape index (κ2) is 8.79. The van der Waals surface area contributed by atoms with Crippen molar-refractivity contribution in [2.45, 2.75) is 46.2 Å². The topological polar surface area (TPSA) is 63.2 Å². The first-order chi connectivity index (χ1) is 14.6. The number of pyridine rings is 1. The molecule has 1 aliphatic heterocycles. The molecule has 0 spiro atoms. The average Bonchev–Trinajstić information content (AvgIpc) is 3.23. The van der Waals surface area contributed by atoms with Gasteiger partial charge in [0, 0.05) is 18.9 Å². The normalized spacial score (nSPS) is 16.6. The third-order valence-corrected chi connectivity index (χ3v) is 6.08. The fourth-order valence-corrected chi connectivity index (χ4v) is 4.31. The van der Waals surface area contributed by atoms with Crippen LogP contribution in [0.4, 0.5) is 11.6 Å². The van der Waals surface area contributed by atoms with Gasteiger partial charge in [-0.15, -0.1) is 0 Å². The van der Waals surface area contributed by atoms with Gasteiger partial charge in [0.2, 0.25) is 0 Å². The van der Waals surface area contributed by atoms with Crippen LogP contribution < -0.4 is 10.1 Å². The maximum atomic E-state index is 5.54. The Kier molecular flexibility index (Phi) is 5.95. The van der Waals surface area contributed by atoms with Crippen LogP contribution in [0.25, 0.3) is 0 Å². The van der Waals surface area contributed by atoms with Gasteiger partial charge in [-0.3, -0.25) is 9.88 Å². The van der Waals surface area contributed by atoms with Gasteiger partial charge in [0.15, 0.2) is 0 Å². The van der Waals surface area contributed by atoms with Crippen molar-refractivity contribution in [1.29, 1.82) is 0 Å². The Morgan fingerprint density at radius 1 is 1.13 bits per heavy atom. The third kappa shape index (κ3) is 4.14. The van der Waals surface area contributed by atoms with Crippen LogP contribution in [0.5, 0.6) is 5.75 Å². The van der Waals surface area contributed by atoms with Crippen LogP contribution >= 0.6 is 0 Å². The van der Waals surface area contributed by atoms with Crippen LogP contribution in [0.2, 0.25) is 0 Å². The van der Waals surface area contributed by atoms with E-state index in [9.17, 15) is 0 Å². The summed E-state index contributed by atoms with van der Waals surface area (Å²) in [7, 11) is 1.74. The predicted molar refractivity (Wildman–Crippen MR) is 119 cm³/mol. The van der Waals surface area contributed by atoms with E-state index in [1.807, 2.05) is 6.07 Å². The van der Waals surface area contributed by atoms with Crippen molar-refractivity contribution >= 4 is 11.6 Å². The number of methoxy groups -OCH3 is 1. The Labute approximate surface area is 178 Å². The molecule has 6 heteroatoms. The van der Waals surface area contributed by atoms with Crippen molar-refractivity contribution in [2.75, 3.05) is 19.0 Å². The quantitative estimate of drug-likeness (QED) is 0.632. The highest BCUT2D eigenvalue weighted by molar-refractivity contribution is 5.50. The largest absolute Gasteiger partial charge is 0.496 e. The molecule has 3 aromatic rings. The molecule has 2 aromatic heterocycles. The summed E-state index contributed by atoms with van der Waals surface area (Å²) in [5.41, 5.74) is 6.33.